The minimum Gasteiger partial charge on any atom is -0.349 e. The molecule has 0 spiro atoms. The average Bonchev–Trinajstić information content (AvgIpc) is 2.32. The molecule has 0 aromatic carbocycles. The van der Waals surface area contributed by atoms with E-state index < -0.39 is 0 Å². The first-order chi connectivity index (χ1) is 8.15. The molecular formula is C12H16ClN3O. The Hall–Kier alpha value is -1.13. The number of carbonyl (C=O) groups is 1. The van der Waals surface area contributed by atoms with Crippen LogP contribution >= 0.6 is 11.6 Å². The van der Waals surface area contributed by atoms with Crippen molar-refractivity contribution in [3.05, 3.63) is 29.0 Å². The highest BCUT2D eigenvalue weighted by atomic mass is 35.5. The van der Waals surface area contributed by atoms with Gasteiger partial charge in [-0.05, 0) is 31.7 Å². The Morgan fingerprint density at radius 1 is 1.35 bits per heavy atom. The van der Waals surface area contributed by atoms with E-state index in [-0.39, 0.29) is 18.0 Å². The van der Waals surface area contributed by atoms with Gasteiger partial charge in [-0.15, -0.1) is 0 Å². The molecule has 1 amide bonds. The lowest BCUT2D eigenvalue weighted by Crippen LogP contribution is -2.40. The minimum atomic E-state index is -0.111. The fourth-order valence-electron chi connectivity index (χ4n) is 2.07. The molecule has 1 aliphatic carbocycles. The summed E-state index contributed by atoms with van der Waals surface area (Å²) >= 11 is 5.79. The van der Waals surface area contributed by atoms with Gasteiger partial charge in [-0.25, -0.2) is 0 Å². The minimum absolute atomic E-state index is 0.111. The van der Waals surface area contributed by atoms with Gasteiger partial charge in [-0.2, -0.15) is 0 Å². The number of amides is 1. The van der Waals surface area contributed by atoms with E-state index >= 15 is 0 Å². The molecule has 1 saturated carbocycles. The molecule has 1 aliphatic rings. The van der Waals surface area contributed by atoms with Gasteiger partial charge in [0.1, 0.15) is 0 Å². The number of carbonyl (C=O) groups excluding carboxylic acids is 1. The van der Waals surface area contributed by atoms with Gasteiger partial charge >= 0.3 is 0 Å². The van der Waals surface area contributed by atoms with Crippen molar-refractivity contribution < 1.29 is 4.79 Å². The molecule has 5 heteroatoms. The molecule has 92 valence electrons. The molecule has 2 rings (SSSR count). The summed E-state index contributed by atoms with van der Waals surface area (Å²) in [4.78, 5) is 15.8. The zero-order valence-corrected chi connectivity index (χ0v) is 10.3. The number of rotatable bonds is 2. The van der Waals surface area contributed by atoms with Gasteiger partial charge in [-0.3, -0.25) is 9.78 Å². The predicted molar refractivity (Wildman–Crippen MR) is 66.9 cm³/mol. The Morgan fingerprint density at radius 2 is 2.06 bits per heavy atom. The van der Waals surface area contributed by atoms with E-state index in [0.717, 1.165) is 25.7 Å². The lowest BCUT2D eigenvalue weighted by atomic mass is 9.92. The largest absolute Gasteiger partial charge is 0.349 e. The maximum Gasteiger partial charge on any atom is 0.253 e. The molecule has 1 aromatic rings. The highest BCUT2D eigenvalue weighted by molar-refractivity contribution is 6.30. The van der Waals surface area contributed by atoms with Crippen molar-refractivity contribution in [1.82, 2.24) is 10.3 Å². The first-order valence-corrected chi connectivity index (χ1v) is 6.20. The van der Waals surface area contributed by atoms with Gasteiger partial charge in [-0.1, -0.05) is 11.6 Å². The number of hydrogen-bond acceptors (Lipinski definition) is 3. The van der Waals surface area contributed by atoms with Gasteiger partial charge < -0.3 is 11.1 Å². The number of nitrogens with one attached hydrogen (secondary N) is 1. The zero-order chi connectivity index (χ0) is 12.3. The van der Waals surface area contributed by atoms with Gasteiger partial charge in [0.25, 0.3) is 5.91 Å². The molecule has 4 nitrogen and oxygen atoms in total. The second-order valence-electron chi connectivity index (χ2n) is 4.48. The normalized spacial score (nSPS) is 24.4. The number of halogens is 1. The molecule has 0 radical (unpaired) electrons. The summed E-state index contributed by atoms with van der Waals surface area (Å²) in [6, 6.07) is 2.13. The van der Waals surface area contributed by atoms with Crippen LogP contribution in [0.15, 0.2) is 18.5 Å². The van der Waals surface area contributed by atoms with Gasteiger partial charge in [0, 0.05) is 24.5 Å². The van der Waals surface area contributed by atoms with Crippen molar-refractivity contribution in [3.8, 4) is 0 Å². The molecule has 0 unspecified atom stereocenters. The molecule has 1 aromatic heterocycles. The summed E-state index contributed by atoms with van der Waals surface area (Å²) in [6.45, 7) is 0. The molecule has 3 N–H and O–H groups in total. The first-order valence-electron chi connectivity index (χ1n) is 5.82. The number of nitrogens with zero attached hydrogens (tertiary/aromatic N) is 1. The SMILES string of the molecule is N[C@H]1CC[C@H](NC(=O)c2cncc(Cl)c2)CC1. The van der Waals surface area contributed by atoms with Crippen LogP contribution in [-0.2, 0) is 0 Å². The van der Waals surface area contributed by atoms with E-state index in [4.69, 9.17) is 17.3 Å². The van der Waals surface area contributed by atoms with Crippen LogP contribution in [-0.4, -0.2) is 23.0 Å². The maximum atomic E-state index is 11.9. The summed E-state index contributed by atoms with van der Waals surface area (Å²) in [6.07, 6.45) is 6.87. The van der Waals surface area contributed by atoms with Crippen molar-refractivity contribution in [2.24, 2.45) is 5.73 Å². The average molecular weight is 254 g/mol. The lowest BCUT2D eigenvalue weighted by Gasteiger charge is -2.26. The maximum absolute atomic E-state index is 11.9. The van der Waals surface area contributed by atoms with Crippen LogP contribution in [0.25, 0.3) is 0 Å². The number of aromatic nitrogens is 1. The van der Waals surface area contributed by atoms with Crippen LogP contribution in [0.1, 0.15) is 36.0 Å². The van der Waals surface area contributed by atoms with Gasteiger partial charge in [0.15, 0.2) is 0 Å². The summed E-state index contributed by atoms with van der Waals surface area (Å²) < 4.78 is 0. The lowest BCUT2D eigenvalue weighted by molar-refractivity contribution is 0.0925. The Balaban J connectivity index is 1.93. The van der Waals surface area contributed by atoms with Crippen molar-refractivity contribution in [1.29, 1.82) is 0 Å². The highest BCUT2D eigenvalue weighted by Gasteiger charge is 2.20. The third kappa shape index (κ3) is 3.41. The second kappa shape index (κ2) is 5.47. The van der Waals surface area contributed by atoms with Crippen LogP contribution in [0.5, 0.6) is 0 Å². The molecule has 0 aliphatic heterocycles. The summed E-state index contributed by atoms with van der Waals surface area (Å²) in [5.74, 6) is -0.111. The van der Waals surface area contributed by atoms with Crippen molar-refractivity contribution in [2.45, 2.75) is 37.8 Å². The zero-order valence-electron chi connectivity index (χ0n) is 9.53. The molecule has 1 fully saturated rings. The van der Waals surface area contributed by atoms with Crippen molar-refractivity contribution >= 4 is 17.5 Å². The van der Waals surface area contributed by atoms with E-state index in [1.807, 2.05) is 0 Å². The molecule has 17 heavy (non-hydrogen) atoms. The molecule has 0 saturated heterocycles. The van der Waals surface area contributed by atoms with Crippen LogP contribution in [0.2, 0.25) is 5.02 Å². The van der Waals surface area contributed by atoms with Crippen LogP contribution in [0, 0.1) is 0 Å². The highest BCUT2D eigenvalue weighted by Crippen LogP contribution is 2.17. The van der Waals surface area contributed by atoms with Crippen molar-refractivity contribution in [2.75, 3.05) is 0 Å². The van der Waals surface area contributed by atoms with Gasteiger partial charge in [0.2, 0.25) is 0 Å². The number of nitrogens with two attached hydrogens (primary N) is 1. The fourth-order valence-corrected chi connectivity index (χ4v) is 2.24. The quantitative estimate of drug-likeness (QED) is 0.844. The third-order valence-corrected chi connectivity index (χ3v) is 3.28. The smallest absolute Gasteiger partial charge is 0.253 e. The standard InChI is InChI=1S/C12H16ClN3O/c13-9-5-8(6-15-7-9)12(17)16-11-3-1-10(14)2-4-11/h5-7,10-11H,1-4,14H2,(H,16,17)/t10-,11-. The van der Waals surface area contributed by atoms with E-state index in [1.54, 1.807) is 6.07 Å². The third-order valence-electron chi connectivity index (χ3n) is 3.07. The summed E-state index contributed by atoms with van der Waals surface area (Å²) in [5, 5.41) is 3.47. The van der Waals surface area contributed by atoms with Crippen LogP contribution in [0.3, 0.4) is 0 Å². The predicted octanol–water partition coefficient (Wildman–Crippen LogP) is 1.73. The second-order valence-corrected chi connectivity index (χ2v) is 4.91. The molecule has 1 heterocycles. The van der Waals surface area contributed by atoms with E-state index in [2.05, 4.69) is 10.3 Å². The number of hydrogen-bond donors (Lipinski definition) is 2. The van der Waals surface area contributed by atoms with E-state index in [1.165, 1.54) is 12.4 Å². The van der Waals surface area contributed by atoms with Crippen LogP contribution in [0.4, 0.5) is 0 Å². The van der Waals surface area contributed by atoms with Gasteiger partial charge in [0.05, 0.1) is 10.6 Å². The number of pyridine rings is 1. The molecular weight excluding hydrogens is 238 g/mol. The summed E-state index contributed by atoms with van der Waals surface area (Å²) in [7, 11) is 0. The first kappa shape index (κ1) is 12.3. The Bertz CT molecular complexity index is 402. The topological polar surface area (TPSA) is 68.0 Å². The van der Waals surface area contributed by atoms with Crippen LogP contribution < -0.4 is 11.1 Å². The fraction of sp³-hybridized carbons (Fsp3) is 0.500. The van der Waals surface area contributed by atoms with E-state index in [0.29, 0.717) is 10.6 Å². The monoisotopic (exact) mass is 253 g/mol. The molecule has 0 atom stereocenters. The van der Waals surface area contributed by atoms with Crippen molar-refractivity contribution in [3.63, 3.8) is 0 Å². The molecule has 0 bridgehead atoms. The summed E-state index contributed by atoms with van der Waals surface area (Å²) in [5.41, 5.74) is 6.33. The Kier molecular flexibility index (Phi) is 3.97. The van der Waals surface area contributed by atoms with E-state index in [9.17, 15) is 4.79 Å². The Morgan fingerprint density at radius 3 is 2.71 bits per heavy atom. The Labute approximate surface area is 106 Å².